The maximum absolute atomic E-state index is 12.2. The van der Waals surface area contributed by atoms with E-state index < -0.39 is 12.0 Å². The molecule has 45 heavy (non-hydrogen) atoms. The second-order valence-corrected chi connectivity index (χ2v) is 10.5. The van der Waals surface area contributed by atoms with Gasteiger partial charge in [-0.2, -0.15) is 0 Å². The number of carbonyl (C=O) groups excluding carboxylic acids is 4. The Morgan fingerprint density at radius 3 is 1.93 bits per heavy atom. The van der Waals surface area contributed by atoms with Gasteiger partial charge < -0.3 is 40.0 Å². The molecule has 4 N–H and O–H groups in total. The summed E-state index contributed by atoms with van der Waals surface area (Å²) in [5.74, 6) is -2.05. The lowest BCUT2D eigenvalue weighted by Crippen LogP contribution is -2.41. The highest BCUT2D eigenvalue weighted by atomic mass is 16.5. The Hall–Kier alpha value is -3.39. The SMILES string of the molecule is CCCNC(=O)COCCOCCNC(=O)COCCOCCCC(=O)CC[C@H](NC(=O)CCCc1ccc(C)cc1)C(=O)O. The van der Waals surface area contributed by atoms with E-state index in [1.165, 1.54) is 0 Å². The van der Waals surface area contributed by atoms with Crippen molar-refractivity contribution in [3.8, 4) is 0 Å². The van der Waals surface area contributed by atoms with Crippen molar-refractivity contribution in [3.05, 3.63) is 35.4 Å². The largest absolute Gasteiger partial charge is 0.480 e. The molecule has 0 saturated carbocycles. The first-order valence-electron chi connectivity index (χ1n) is 15.6. The first-order chi connectivity index (χ1) is 21.7. The van der Waals surface area contributed by atoms with Crippen molar-refractivity contribution >= 4 is 29.5 Å². The Bertz CT molecular complexity index is 1000. The molecular weight excluding hydrogens is 586 g/mol. The standard InChI is InChI=1S/C32H51N3O10/c1-3-15-33-30(38)23-45-22-20-43-18-16-34-31(39)24-44-21-19-42-17-5-7-27(36)13-14-28(32(40)41)35-29(37)8-4-6-26-11-9-25(2)10-12-26/h9-12,28H,3-8,13-24H2,1-2H3,(H,33,38)(H,34,39)(H,35,37)(H,40,41)/t28-/m0/s1. The predicted molar refractivity (Wildman–Crippen MR) is 167 cm³/mol. The minimum absolute atomic E-state index is 0.00714. The van der Waals surface area contributed by atoms with Crippen LogP contribution in [0.5, 0.6) is 0 Å². The molecule has 0 fully saturated rings. The molecule has 13 heteroatoms. The molecule has 0 aliphatic heterocycles. The van der Waals surface area contributed by atoms with Crippen molar-refractivity contribution < 1.29 is 48.0 Å². The second-order valence-electron chi connectivity index (χ2n) is 10.5. The predicted octanol–water partition coefficient (Wildman–Crippen LogP) is 1.73. The zero-order valence-corrected chi connectivity index (χ0v) is 26.7. The van der Waals surface area contributed by atoms with E-state index in [1.54, 1.807) is 0 Å². The molecule has 0 unspecified atom stereocenters. The lowest BCUT2D eigenvalue weighted by molar-refractivity contribution is -0.142. The number of benzene rings is 1. The van der Waals surface area contributed by atoms with Gasteiger partial charge in [-0.3, -0.25) is 19.2 Å². The number of aliphatic carboxylic acids is 1. The number of rotatable bonds is 28. The zero-order valence-electron chi connectivity index (χ0n) is 26.7. The third kappa shape index (κ3) is 22.7. The molecule has 0 radical (unpaired) electrons. The number of hydrogen-bond donors (Lipinski definition) is 4. The molecule has 0 heterocycles. The van der Waals surface area contributed by atoms with Crippen LogP contribution in [0, 0.1) is 6.92 Å². The molecule has 1 atom stereocenters. The van der Waals surface area contributed by atoms with E-state index in [1.807, 2.05) is 38.1 Å². The summed E-state index contributed by atoms with van der Waals surface area (Å²) in [5, 5.41) is 17.3. The molecule has 0 bridgehead atoms. The number of carbonyl (C=O) groups is 5. The van der Waals surface area contributed by atoms with Crippen molar-refractivity contribution in [3.63, 3.8) is 0 Å². The first kappa shape index (κ1) is 39.6. The molecule has 0 aliphatic rings. The van der Waals surface area contributed by atoms with E-state index in [2.05, 4.69) is 16.0 Å². The smallest absolute Gasteiger partial charge is 0.326 e. The van der Waals surface area contributed by atoms with Crippen LogP contribution in [-0.4, -0.2) is 107 Å². The van der Waals surface area contributed by atoms with Crippen molar-refractivity contribution in [1.29, 1.82) is 0 Å². The lowest BCUT2D eigenvalue weighted by Gasteiger charge is -2.14. The Morgan fingerprint density at radius 2 is 1.31 bits per heavy atom. The molecule has 254 valence electrons. The topological polar surface area (TPSA) is 179 Å². The minimum atomic E-state index is -1.16. The Morgan fingerprint density at radius 1 is 0.711 bits per heavy atom. The highest BCUT2D eigenvalue weighted by molar-refractivity contribution is 5.84. The molecule has 1 aromatic carbocycles. The van der Waals surface area contributed by atoms with E-state index in [9.17, 15) is 29.1 Å². The molecular formula is C32H51N3O10. The number of hydrogen-bond acceptors (Lipinski definition) is 9. The van der Waals surface area contributed by atoms with Crippen molar-refractivity contribution in [2.75, 3.05) is 65.9 Å². The number of ketones is 1. The van der Waals surface area contributed by atoms with Crippen LogP contribution in [0.2, 0.25) is 0 Å². The van der Waals surface area contributed by atoms with E-state index in [0.29, 0.717) is 45.8 Å². The highest BCUT2D eigenvalue weighted by Gasteiger charge is 2.20. The van der Waals surface area contributed by atoms with Gasteiger partial charge in [0.05, 0.1) is 33.0 Å². The fourth-order valence-corrected chi connectivity index (χ4v) is 3.93. The number of Topliss-reactive ketones (excluding diaryl/α,β-unsaturated/α-hetero) is 1. The van der Waals surface area contributed by atoms with Crippen molar-refractivity contribution in [1.82, 2.24) is 16.0 Å². The zero-order chi connectivity index (χ0) is 33.1. The normalized spacial score (nSPS) is 11.5. The molecule has 0 spiro atoms. The third-order valence-corrected chi connectivity index (χ3v) is 6.43. The fraction of sp³-hybridized carbons (Fsp3) is 0.656. The summed E-state index contributed by atoms with van der Waals surface area (Å²) in [7, 11) is 0. The summed E-state index contributed by atoms with van der Waals surface area (Å²) in [6, 6.07) is 6.95. The Balaban J connectivity index is 1.98. The fourth-order valence-electron chi connectivity index (χ4n) is 3.93. The average molecular weight is 638 g/mol. The number of aryl methyl sites for hydroxylation is 2. The third-order valence-electron chi connectivity index (χ3n) is 6.43. The van der Waals surface area contributed by atoms with Crippen LogP contribution in [0.25, 0.3) is 0 Å². The van der Waals surface area contributed by atoms with E-state index in [4.69, 9.17) is 18.9 Å². The molecule has 1 aromatic rings. The summed E-state index contributed by atoms with van der Waals surface area (Å²) < 4.78 is 21.2. The van der Waals surface area contributed by atoms with Gasteiger partial charge in [0.15, 0.2) is 0 Å². The molecule has 0 saturated heterocycles. The quantitative estimate of drug-likeness (QED) is 0.0989. The van der Waals surface area contributed by atoms with Crippen LogP contribution < -0.4 is 16.0 Å². The van der Waals surface area contributed by atoms with Crippen LogP contribution in [0.4, 0.5) is 0 Å². The maximum atomic E-state index is 12.2. The highest BCUT2D eigenvalue weighted by Crippen LogP contribution is 2.08. The van der Waals surface area contributed by atoms with Gasteiger partial charge in [-0.1, -0.05) is 36.8 Å². The molecule has 13 nitrogen and oxygen atoms in total. The van der Waals surface area contributed by atoms with Gasteiger partial charge in [0.1, 0.15) is 25.0 Å². The van der Waals surface area contributed by atoms with E-state index in [-0.39, 0.29) is 82.2 Å². The van der Waals surface area contributed by atoms with Gasteiger partial charge in [0.25, 0.3) is 0 Å². The van der Waals surface area contributed by atoms with Gasteiger partial charge in [0.2, 0.25) is 17.7 Å². The monoisotopic (exact) mass is 637 g/mol. The van der Waals surface area contributed by atoms with Crippen molar-refractivity contribution in [2.24, 2.45) is 0 Å². The van der Waals surface area contributed by atoms with Crippen LogP contribution in [-0.2, 0) is 49.3 Å². The van der Waals surface area contributed by atoms with Crippen LogP contribution >= 0.6 is 0 Å². The number of nitrogens with one attached hydrogen (secondary N) is 3. The average Bonchev–Trinajstić information content (AvgIpc) is 3.01. The number of ether oxygens (including phenoxy) is 4. The molecule has 1 rings (SSSR count). The Labute approximate surface area is 266 Å². The van der Waals surface area contributed by atoms with Gasteiger partial charge in [0, 0.05) is 39.0 Å². The molecule has 0 aromatic heterocycles. The summed E-state index contributed by atoms with van der Waals surface area (Å²) in [6.07, 6.45) is 3.21. The van der Waals surface area contributed by atoms with Gasteiger partial charge in [-0.05, 0) is 44.6 Å². The minimum Gasteiger partial charge on any atom is -0.480 e. The summed E-state index contributed by atoms with van der Waals surface area (Å²) >= 11 is 0. The first-order valence-corrected chi connectivity index (χ1v) is 15.6. The number of carboxylic acids is 1. The van der Waals surface area contributed by atoms with E-state index in [0.717, 1.165) is 24.0 Å². The number of amides is 3. The number of carboxylic acid groups (broad SMARTS) is 1. The van der Waals surface area contributed by atoms with Gasteiger partial charge in [-0.15, -0.1) is 0 Å². The van der Waals surface area contributed by atoms with Crippen LogP contribution in [0.1, 0.15) is 63.0 Å². The maximum Gasteiger partial charge on any atom is 0.326 e. The van der Waals surface area contributed by atoms with Crippen LogP contribution in [0.15, 0.2) is 24.3 Å². The van der Waals surface area contributed by atoms with Gasteiger partial charge in [-0.25, -0.2) is 4.79 Å². The van der Waals surface area contributed by atoms with Crippen LogP contribution in [0.3, 0.4) is 0 Å². The lowest BCUT2D eigenvalue weighted by atomic mass is 10.0. The molecule has 3 amide bonds. The summed E-state index contributed by atoms with van der Waals surface area (Å²) in [6.45, 7) is 6.49. The van der Waals surface area contributed by atoms with E-state index >= 15 is 0 Å². The Kier molecular flexibility index (Phi) is 22.8. The van der Waals surface area contributed by atoms with Gasteiger partial charge >= 0.3 is 5.97 Å². The summed E-state index contributed by atoms with van der Waals surface area (Å²) in [4.78, 5) is 59.1. The summed E-state index contributed by atoms with van der Waals surface area (Å²) in [5.41, 5.74) is 2.29. The second kappa shape index (κ2) is 25.9. The van der Waals surface area contributed by atoms with Crippen molar-refractivity contribution in [2.45, 2.75) is 71.3 Å². The molecule has 0 aliphatic carbocycles.